The number of thiophene rings is 1. The molecule has 19 heavy (non-hydrogen) atoms. The maximum absolute atomic E-state index is 11.7. The van der Waals surface area contributed by atoms with Crippen LogP contribution in [0.4, 0.5) is 0 Å². The Morgan fingerprint density at radius 3 is 2.63 bits per heavy atom. The molecule has 0 radical (unpaired) electrons. The molecule has 0 aromatic carbocycles. The van der Waals surface area contributed by atoms with Crippen LogP contribution in [-0.2, 0) is 16.6 Å². The van der Waals surface area contributed by atoms with Crippen LogP contribution < -0.4 is 10.5 Å². The molecule has 2 aromatic heterocycles. The zero-order valence-corrected chi connectivity index (χ0v) is 11.7. The summed E-state index contributed by atoms with van der Waals surface area (Å²) in [4.78, 5) is 12.4. The van der Waals surface area contributed by atoms with Crippen molar-refractivity contribution in [3.05, 3.63) is 40.7 Å². The molecule has 0 unspecified atom stereocenters. The molecule has 2 heterocycles. The number of primary sulfonamides is 1. The fourth-order valence-electron chi connectivity index (χ4n) is 1.42. The summed E-state index contributed by atoms with van der Waals surface area (Å²) in [5, 5.41) is 7.64. The van der Waals surface area contributed by atoms with Gasteiger partial charge in [-0.05, 0) is 31.2 Å². The monoisotopic (exact) mass is 300 g/mol. The van der Waals surface area contributed by atoms with Gasteiger partial charge in [0.1, 0.15) is 9.97 Å². The van der Waals surface area contributed by atoms with Gasteiger partial charge in [-0.1, -0.05) is 0 Å². The van der Waals surface area contributed by atoms with Crippen molar-refractivity contribution in [2.45, 2.75) is 17.7 Å². The van der Waals surface area contributed by atoms with Crippen molar-refractivity contribution in [2.75, 3.05) is 0 Å². The quantitative estimate of drug-likeness (QED) is 0.886. The summed E-state index contributed by atoms with van der Waals surface area (Å²) in [6, 6.07) is 6.30. The number of nitrogens with one attached hydrogen (secondary N) is 1. The van der Waals surface area contributed by atoms with Crippen LogP contribution in [0.5, 0.6) is 0 Å². The van der Waals surface area contributed by atoms with E-state index in [4.69, 9.17) is 9.56 Å². The minimum Gasteiger partial charge on any atom is -0.456 e. The normalized spacial score (nSPS) is 11.5. The van der Waals surface area contributed by atoms with Crippen LogP contribution in [0.2, 0.25) is 0 Å². The highest BCUT2D eigenvalue weighted by Crippen LogP contribution is 2.20. The van der Waals surface area contributed by atoms with Gasteiger partial charge in [0.05, 0.1) is 6.54 Å². The zero-order chi connectivity index (χ0) is 14.0. The summed E-state index contributed by atoms with van der Waals surface area (Å²) in [6.07, 6.45) is 0. The number of carbonyl (C=O) groups is 1. The fourth-order valence-corrected chi connectivity index (χ4v) is 3.14. The number of nitrogens with two attached hydrogens (primary N) is 1. The number of rotatable bonds is 4. The molecule has 0 aliphatic rings. The van der Waals surface area contributed by atoms with Crippen molar-refractivity contribution in [3.8, 4) is 0 Å². The second-order valence-corrected chi connectivity index (χ2v) is 6.82. The van der Waals surface area contributed by atoms with E-state index in [1.807, 2.05) is 0 Å². The van der Waals surface area contributed by atoms with E-state index in [0.717, 1.165) is 11.3 Å². The van der Waals surface area contributed by atoms with Crippen LogP contribution in [0.15, 0.2) is 32.9 Å². The lowest BCUT2D eigenvalue weighted by Gasteiger charge is -2.00. The minimum atomic E-state index is -3.68. The first-order chi connectivity index (χ1) is 8.86. The van der Waals surface area contributed by atoms with Crippen molar-refractivity contribution >= 4 is 27.3 Å². The molecule has 3 N–H and O–H groups in total. The van der Waals surface area contributed by atoms with Gasteiger partial charge in [-0.3, -0.25) is 4.79 Å². The number of hydrogen-bond donors (Lipinski definition) is 2. The Morgan fingerprint density at radius 1 is 1.37 bits per heavy atom. The molecular weight excluding hydrogens is 288 g/mol. The number of carbonyl (C=O) groups excluding carboxylic acids is 1. The molecule has 0 aliphatic heterocycles. The molecule has 0 saturated carbocycles. The summed E-state index contributed by atoms with van der Waals surface area (Å²) in [6.45, 7) is 1.97. The minimum absolute atomic E-state index is 0.0746. The topological polar surface area (TPSA) is 102 Å². The summed E-state index contributed by atoms with van der Waals surface area (Å²) < 4.78 is 27.4. The molecule has 2 rings (SSSR count). The Bertz CT molecular complexity index is 700. The third kappa shape index (κ3) is 3.43. The summed E-state index contributed by atoms with van der Waals surface area (Å²) in [7, 11) is -3.68. The third-order valence-corrected chi connectivity index (χ3v) is 4.83. The molecule has 0 atom stereocenters. The van der Waals surface area contributed by atoms with Crippen molar-refractivity contribution in [3.63, 3.8) is 0 Å². The molecule has 6 nitrogen and oxygen atoms in total. The summed E-state index contributed by atoms with van der Waals surface area (Å²) >= 11 is 1.02. The van der Waals surface area contributed by atoms with Gasteiger partial charge in [0.2, 0.25) is 10.0 Å². The molecular formula is C11H12N2O4S2. The largest absolute Gasteiger partial charge is 0.456 e. The van der Waals surface area contributed by atoms with Crippen molar-refractivity contribution in [2.24, 2.45) is 5.14 Å². The number of amides is 1. The predicted octanol–water partition coefficient (Wildman–Crippen LogP) is 1.23. The van der Waals surface area contributed by atoms with E-state index < -0.39 is 10.0 Å². The molecule has 0 spiro atoms. The SMILES string of the molecule is Cc1ccc(C(=O)NCc2ccc(S(N)(=O)=O)s2)o1. The first kappa shape index (κ1) is 13.8. The van der Waals surface area contributed by atoms with E-state index in [-0.39, 0.29) is 22.4 Å². The highest BCUT2D eigenvalue weighted by Gasteiger charge is 2.13. The molecule has 0 bridgehead atoms. The maximum Gasteiger partial charge on any atom is 0.287 e. The third-order valence-electron chi connectivity index (χ3n) is 2.30. The van der Waals surface area contributed by atoms with Crippen molar-refractivity contribution < 1.29 is 17.6 Å². The Balaban J connectivity index is 1.99. The first-order valence-electron chi connectivity index (χ1n) is 5.32. The maximum atomic E-state index is 11.7. The van der Waals surface area contributed by atoms with E-state index in [1.165, 1.54) is 6.07 Å². The lowest BCUT2D eigenvalue weighted by molar-refractivity contribution is 0.0922. The second kappa shape index (κ2) is 5.16. The van der Waals surface area contributed by atoms with Gasteiger partial charge in [-0.15, -0.1) is 11.3 Å². The average molecular weight is 300 g/mol. The highest BCUT2D eigenvalue weighted by atomic mass is 32.2. The van der Waals surface area contributed by atoms with Crippen molar-refractivity contribution in [1.82, 2.24) is 5.32 Å². The van der Waals surface area contributed by atoms with Crippen LogP contribution in [0.25, 0.3) is 0 Å². The molecule has 0 aliphatic carbocycles. The summed E-state index contributed by atoms with van der Waals surface area (Å²) in [5.74, 6) is 0.525. The Morgan fingerprint density at radius 2 is 2.11 bits per heavy atom. The lowest BCUT2D eigenvalue weighted by Crippen LogP contribution is -2.21. The molecule has 8 heteroatoms. The van der Waals surface area contributed by atoms with Crippen LogP contribution in [0, 0.1) is 6.92 Å². The Hall–Kier alpha value is -1.64. The predicted molar refractivity (Wildman–Crippen MR) is 70.3 cm³/mol. The van der Waals surface area contributed by atoms with E-state index in [9.17, 15) is 13.2 Å². The Kier molecular flexibility index (Phi) is 3.74. The molecule has 0 fully saturated rings. The second-order valence-electron chi connectivity index (χ2n) is 3.86. The van der Waals surface area contributed by atoms with Gasteiger partial charge in [0, 0.05) is 4.88 Å². The number of sulfonamides is 1. The van der Waals surface area contributed by atoms with Crippen LogP contribution in [0.1, 0.15) is 21.2 Å². The smallest absolute Gasteiger partial charge is 0.287 e. The number of aryl methyl sites for hydroxylation is 1. The fraction of sp³-hybridized carbons (Fsp3) is 0.182. The van der Waals surface area contributed by atoms with Gasteiger partial charge >= 0.3 is 0 Å². The van der Waals surface area contributed by atoms with Crippen LogP contribution in [0.3, 0.4) is 0 Å². The van der Waals surface area contributed by atoms with E-state index in [0.29, 0.717) is 10.6 Å². The molecule has 0 saturated heterocycles. The molecule has 2 aromatic rings. The van der Waals surface area contributed by atoms with Crippen LogP contribution in [-0.4, -0.2) is 14.3 Å². The number of hydrogen-bond acceptors (Lipinski definition) is 5. The number of furan rings is 1. The first-order valence-corrected chi connectivity index (χ1v) is 7.69. The average Bonchev–Trinajstić information content (AvgIpc) is 2.93. The highest BCUT2D eigenvalue weighted by molar-refractivity contribution is 7.91. The van der Waals surface area contributed by atoms with E-state index in [2.05, 4.69) is 5.32 Å². The van der Waals surface area contributed by atoms with Gasteiger partial charge in [0.25, 0.3) is 5.91 Å². The van der Waals surface area contributed by atoms with E-state index >= 15 is 0 Å². The van der Waals surface area contributed by atoms with Gasteiger partial charge < -0.3 is 9.73 Å². The Labute approximate surface area is 114 Å². The standard InChI is InChI=1S/C11H12N2O4S2/c1-7-2-4-9(17-7)11(14)13-6-8-3-5-10(18-8)19(12,15)16/h2-5H,6H2,1H3,(H,13,14)(H2,12,15,16). The summed E-state index contributed by atoms with van der Waals surface area (Å²) in [5.41, 5.74) is 0. The van der Waals surface area contributed by atoms with Gasteiger partial charge in [0.15, 0.2) is 5.76 Å². The van der Waals surface area contributed by atoms with Gasteiger partial charge in [-0.25, -0.2) is 13.6 Å². The van der Waals surface area contributed by atoms with Gasteiger partial charge in [-0.2, -0.15) is 0 Å². The van der Waals surface area contributed by atoms with Crippen LogP contribution >= 0.6 is 11.3 Å². The molecule has 1 amide bonds. The van der Waals surface area contributed by atoms with Crippen molar-refractivity contribution in [1.29, 1.82) is 0 Å². The molecule has 102 valence electrons. The van der Waals surface area contributed by atoms with E-state index in [1.54, 1.807) is 25.1 Å². The lowest BCUT2D eigenvalue weighted by atomic mass is 10.4. The zero-order valence-electron chi connectivity index (χ0n) is 10.0.